The first kappa shape index (κ1) is 12.8. The van der Waals surface area contributed by atoms with Gasteiger partial charge in [-0.1, -0.05) is 73.0 Å². The van der Waals surface area contributed by atoms with Crippen molar-refractivity contribution >= 4 is 67.2 Å². The fourth-order valence-corrected chi connectivity index (χ4v) is 1.09. The second-order valence-corrected chi connectivity index (χ2v) is 7.12. The van der Waals surface area contributed by atoms with Crippen LogP contribution in [0.3, 0.4) is 0 Å². The van der Waals surface area contributed by atoms with E-state index >= 15 is 0 Å². The predicted octanol–water partition coefficient (Wildman–Crippen LogP) is 2.22. The Bertz CT molecular complexity index is 211. The topological polar surface area (TPSA) is 49.3 Å². The van der Waals surface area contributed by atoms with Crippen LogP contribution in [0, 0.1) is 11.8 Å². The van der Waals surface area contributed by atoms with Crippen molar-refractivity contribution in [2.75, 3.05) is 6.54 Å². The molecule has 0 rings (SSSR count). The molecule has 0 aliphatic rings. The van der Waals surface area contributed by atoms with Crippen molar-refractivity contribution in [1.29, 1.82) is 0 Å². The number of nitrogens with one attached hydrogen (secondary N) is 1. The normalized spacial score (nSPS) is 13.9. The Morgan fingerprint density at radius 3 is 2.58 bits per heavy atom. The molecule has 0 fully saturated rings. The van der Waals surface area contributed by atoms with Gasteiger partial charge in [0.05, 0.1) is 3.92 Å². The van der Waals surface area contributed by atoms with Gasteiger partial charge in [-0.3, -0.25) is 0 Å². The van der Waals surface area contributed by atoms with Gasteiger partial charge in [-0.15, -0.1) is 0 Å². The molecule has 0 aromatic heterocycles. The van der Waals surface area contributed by atoms with E-state index in [1.807, 2.05) is 0 Å². The van der Waals surface area contributed by atoms with Gasteiger partial charge in [-0.2, -0.15) is 0 Å². The van der Waals surface area contributed by atoms with Crippen molar-refractivity contribution in [3.05, 3.63) is 0 Å². The number of rotatable bonds is 2. The fourth-order valence-electron chi connectivity index (χ4n) is 0.381. The van der Waals surface area contributed by atoms with Crippen LogP contribution >= 0.6 is 61.1 Å². The van der Waals surface area contributed by atoms with Crippen LogP contribution in [0.1, 0.15) is 0 Å². The molecule has 3 nitrogen and oxygen atoms in total. The summed E-state index contributed by atoms with van der Waals surface area (Å²) in [4.78, 5) is 10.1. The maximum atomic E-state index is 10.1. The van der Waals surface area contributed by atoms with Crippen molar-refractivity contribution in [2.45, 2.75) is 6.76 Å². The largest absolute Gasteiger partial charge is 0.465 e. The summed E-state index contributed by atoms with van der Waals surface area (Å²) in [5, 5.41) is 10.5. The number of alkyl halides is 3. The number of carbonyl (C=O) groups is 1. The van der Waals surface area contributed by atoms with Gasteiger partial charge >= 0.3 is 6.09 Å². The Morgan fingerprint density at radius 2 is 2.17 bits per heavy atom. The Hall–Kier alpha value is 0.770. The number of hydrogen-bond acceptors (Lipinski definition) is 1. The number of carboxylic acid groups (broad SMARTS) is 1. The molecule has 68 valence electrons. The van der Waals surface area contributed by atoms with Gasteiger partial charge in [-0.25, -0.2) is 4.79 Å². The van der Waals surface area contributed by atoms with Crippen LogP contribution in [0.25, 0.3) is 0 Å². The highest BCUT2D eigenvalue weighted by molar-refractivity contribution is 14.1. The first-order chi connectivity index (χ1) is 5.52. The maximum Gasteiger partial charge on any atom is 0.404 e. The summed E-state index contributed by atoms with van der Waals surface area (Å²) in [5.41, 5.74) is 0. The molecule has 0 saturated heterocycles. The Labute approximate surface area is 106 Å². The SMILES string of the molecule is O=C(O)NCC(I)C#CC(Br)I. The Morgan fingerprint density at radius 1 is 1.58 bits per heavy atom. The Balaban J connectivity index is 3.68. The summed E-state index contributed by atoms with van der Waals surface area (Å²) in [6.07, 6.45) is -1.01. The molecular weight excluding hydrogens is 452 g/mol. The van der Waals surface area contributed by atoms with E-state index in [4.69, 9.17) is 5.11 Å². The molecule has 0 radical (unpaired) electrons. The lowest BCUT2D eigenvalue weighted by Crippen LogP contribution is -2.27. The molecule has 0 spiro atoms. The minimum atomic E-state index is -1.01. The van der Waals surface area contributed by atoms with Crippen molar-refractivity contribution in [3.63, 3.8) is 0 Å². The van der Waals surface area contributed by atoms with E-state index in [0.717, 1.165) is 0 Å². The highest BCUT2D eigenvalue weighted by Crippen LogP contribution is 2.07. The highest BCUT2D eigenvalue weighted by Gasteiger charge is 2.01. The minimum absolute atomic E-state index is 0.0218. The zero-order chi connectivity index (χ0) is 9.56. The van der Waals surface area contributed by atoms with Gasteiger partial charge in [-0.05, 0) is 0 Å². The van der Waals surface area contributed by atoms with Gasteiger partial charge in [0.25, 0.3) is 0 Å². The van der Waals surface area contributed by atoms with Crippen molar-refractivity contribution in [1.82, 2.24) is 5.32 Å². The van der Waals surface area contributed by atoms with Gasteiger partial charge in [0.1, 0.15) is 2.83 Å². The van der Waals surface area contributed by atoms with Crippen LogP contribution in [0.4, 0.5) is 4.79 Å². The van der Waals surface area contributed by atoms with E-state index in [0.29, 0.717) is 6.54 Å². The van der Waals surface area contributed by atoms with Crippen molar-refractivity contribution in [3.8, 4) is 11.8 Å². The summed E-state index contributed by atoms with van der Waals surface area (Å²) in [6.45, 7) is 0.360. The summed E-state index contributed by atoms with van der Waals surface area (Å²) in [7, 11) is 0. The third kappa shape index (κ3) is 8.86. The smallest absolute Gasteiger partial charge is 0.404 e. The quantitative estimate of drug-likeness (QED) is 0.379. The predicted molar refractivity (Wildman–Crippen MR) is 68.3 cm³/mol. The standard InChI is InChI=1S/C6H6BrI2NO2/c7-5(9)2-1-4(8)3-10-6(11)12/h4-5,10H,3H2,(H,11,12). The summed E-state index contributed by atoms with van der Waals surface area (Å²) < 4.78 is 0.144. The van der Waals surface area contributed by atoms with Gasteiger partial charge < -0.3 is 10.4 Å². The van der Waals surface area contributed by atoms with E-state index in [1.54, 1.807) is 0 Å². The molecule has 0 heterocycles. The van der Waals surface area contributed by atoms with E-state index in [1.165, 1.54) is 0 Å². The van der Waals surface area contributed by atoms with Crippen molar-refractivity contribution in [2.24, 2.45) is 0 Å². The highest BCUT2D eigenvalue weighted by atomic mass is 127. The molecule has 2 N–H and O–H groups in total. The molecule has 0 bridgehead atoms. The first-order valence-corrected chi connectivity index (χ1v) is 6.33. The lowest BCUT2D eigenvalue weighted by atomic mass is 10.4. The zero-order valence-electron chi connectivity index (χ0n) is 5.85. The third-order valence-electron chi connectivity index (χ3n) is 0.782. The van der Waals surface area contributed by atoms with Crippen molar-refractivity contribution < 1.29 is 9.90 Å². The van der Waals surface area contributed by atoms with Crippen LogP contribution in [0.15, 0.2) is 0 Å². The molecule has 1 amide bonds. The van der Waals surface area contributed by atoms with E-state index in [2.05, 4.69) is 78.3 Å². The van der Waals surface area contributed by atoms with E-state index in [9.17, 15) is 4.79 Å². The Kier molecular flexibility index (Phi) is 7.66. The van der Waals surface area contributed by atoms with Crippen LogP contribution in [0.5, 0.6) is 0 Å². The average Bonchev–Trinajstić information content (AvgIpc) is 1.96. The monoisotopic (exact) mass is 457 g/mol. The molecule has 2 unspecified atom stereocenters. The number of hydrogen-bond donors (Lipinski definition) is 2. The summed E-state index contributed by atoms with van der Waals surface area (Å²) in [5.74, 6) is 5.78. The molecule has 12 heavy (non-hydrogen) atoms. The lowest BCUT2D eigenvalue weighted by molar-refractivity contribution is 0.195. The number of halogens is 3. The van der Waals surface area contributed by atoms with Gasteiger partial charge in [0.2, 0.25) is 0 Å². The van der Waals surface area contributed by atoms with Crippen LogP contribution in [-0.2, 0) is 0 Å². The average molecular weight is 458 g/mol. The zero-order valence-corrected chi connectivity index (χ0v) is 11.8. The first-order valence-electron chi connectivity index (χ1n) is 2.92. The van der Waals surface area contributed by atoms with Gasteiger partial charge in [0.15, 0.2) is 0 Å². The molecule has 0 aromatic carbocycles. The lowest BCUT2D eigenvalue weighted by Gasteiger charge is -2.00. The van der Waals surface area contributed by atoms with Crippen LogP contribution in [-0.4, -0.2) is 24.5 Å². The molecule has 0 aromatic rings. The molecule has 6 heteroatoms. The molecule has 0 saturated carbocycles. The third-order valence-corrected chi connectivity index (χ3v) is 2.07. The summed E-state index contributed by atoms with van der Waals surface area (Å²) in [6, 6.07) is 0. The van der Waals surface area contributed by atoms with Gasteiger partial charge in [0, 0.05) is 6.54 Å². The van der Waals surface area contributed by atoms with E-state index < -0.39 is 6.09 Å². The van der Waals surface area contributed by atoms with Crippen LogP contribution in [0.2, 0.25) is 0 Å². The minimum Gasteiger partial charge on any atom is -0.465 e. The summed E-state index contributed by atoms with van der Waals surface area (Å²) >= 11 is 7.46. The molecule has 0 aliphatic heterocycles. The van der Waals surface area contributed by atoms with E-state index in [-0.39, 0.29) is 6.76 Å². The molecule has 2 atom stereocenters. The fraction of sp³-hybridized carbons (Fsp3) is 0.500. The van der Waals surface area contributed by atoms with Crippen LogP contribution < -0.4 is 5.32 Å². The molecular formula is C6H6BrI2NO2. The molecule has 0 aliphatic carbocycles. The maximum absolute atomic E-state index is 10.1. The second-order valence-electron chi connectivity index (χ2n) is 1.74. The number of amides is 1. The second kappa shape index (κ2) is 7.20.